The average Bonchev–Trinajstić information content (AvgIpc) is 3.09. The highest BCUT2D eigenvalue weighted by Crippen LogP contribution is 2.34. The van der Waals surface area contributed by atoms with Crippen LogP contribution in [0.4, 0.5) is 20.2 Å². The van der Waals surface area contributed by atoms with Crippen LogP contribution in [-0.4, -0.2) is 23.9 Å². The molecule has 2 heterocycles. The number of anilines is 2. The van der Waals surface area contributed by atoms with Gasteiger partial charge < -0.3 is 0 Å². The second-order valence-electron chi connectivity index (χ2n) is 5.41. The van der Waals surface area contributed by atoms with Gasteiger partial charge in [0.05, 0.1) is 11.4 Å². The van der Waals surface area contributed by atoms with Crippen molar-refractivity contribution in [3.63, 3.8) is 0 Å². The summed E-state index contributed by atoms with van der Waals surface area (Å²) < 4.78 is 26.5. The van der Waals surface area contributed by atoms with E-state index in [9.17, 15) is 18.4 Å². The molecule has 0 spiro atoms. The van der Waals surface area contributed by atoms with E-state index in [4.69, 9.17) is 0 Å². The van der Waals surface area contributed by atoms with Crippen LogP contribution < -0.4 is 9.91 Å². The summed E-state index contributed by atoms with van der Waals surface area (Å²) in [6.45, 7) is 0. The highest BCUT2D eigenvalue weighted by molar-refractivity contribution is 6.26. The van der Waals surface area contributed by atoms with Gasteiger partial charge in [-0.15, -0.1) is 0 Å². The Bertz CT molecular complexity index is 869. The van der Waals surface area contributed by atoms with Crippen molar-refractivity contribution in [2.24, 2.45) is 10.3 Å². The van der Waals surface area contributed by atoms with Crippen LogP contribution in [0, 0.1) is 11.6 Å². The van der Waals surface area contributed by atoms with Gasteiger partial charge in [-0.3, -0.25) is 9.59 Å². The third-order valence-electron chi connectivity index (χ3n) is 3.94. The van der Waals surface area contributed by atoms with Crippen LogP contribution in [0.25, 0.3) is 0 Å². The molecule has 0 bridgehead atoms. The molecule has 0 saturated carbocycles. The summed E-state index contributed by atoms with van der Waals surface area (Å²) in [5.41, 5.74) is 0.587. The minimum atomic E-state index is -0.995. The Morgan fingerprint density at radius 2 is 1.62 bits per heavy atom. The molecule has 0 radical (unpaired) electrons. The molecule has 4 rings (SSSR count). The number of nitrogens with zero attached hydrogens (tertiary/aromatic N) is 4. The summed E-state index contributed by atoms with van der Waals surface area (Å²) in [6, 6.07) is 8.61. The Balaban J connectivity index is 1.70. The van der Waals surface area contributed by atoms with Crippen LogP contribution >= 0.6 is 0 Å². The Morgan fingerprint density at radius 1 is 0.875 bits per heavy atom. The molecule has 2 aliphatic heterocycles. The van der Waals surface area contributed by atoms with E-state index in [1.54, 1.807) is 0 Å². The lowest BCUT2D eigenvalue weighted by Crippen LogP contribution is -2.39. The van der Waals surface area contributed by atoms with E-state index in [2.05, 4.69) is 10.3 Å². The van der Waals surface area contributed by atoms with E-state index < -0.39 is 35.5 Å². The molecule has 2 aromatic carbocycles. The van der Waals surface area contributed by atoms with E-state index in [0.29, 0.717) is 5.69 Å². The van der Waals surface area contributed by atoms with Gasteiger partial charge in [-0.25, -0.2) is 18.7 Å². The molecular weight excluding hydrogens is 318 g/mol. The zero-order chi connectivity index (χ0) is 16.8. The Hall–Kier alpha value is -3.16. The molecule has 1 fully saturated rings. The number of carbonyl (C=O) groups excluding carboxylic acids is 2. The largest absolute Gasteiger partial charge is 0.271 e. The van der Waals surface area contributed by atoms with Crippen LogP contribution in [0.1, 0.15) is 0 Å². The van der Waals surface area contributed by atoms with Gasteiger partial charge in [0.25, 0.3) is 11.8 Å². The zero-order valence-electron chi connectivity index (χ0n) is 12.1. The predicted octanol–water partition coefficient (Wildman–Crippen LogP) is 2.46. The smallest absolute Gasteiger partial charge is 0.263 e. The summed E-state index contributed by atoms with van der Waals surface area (Å²) in [7, 11) is 0. The normalized spacial score (nSPS) is 22.4. The maximum atomic E-state index is 13.4. The van der Waals surface area contributed by atoms with Gasteiger partial charge in [0.15, 0.2) is 12.1 Å². The molecule has 120 valence electrons. The highest BCUT2D eigenvalue weighted by Gasteiger charge is 2.55. The van der Waals surface area contributed by atoms with E-state index in [-0.39, 0.29) is 5.69 Å². The van der Waals surface area contributed by atoms with Crippen molar-refractivity contribution < 1.29 is 18.4 Å². The standard InChI is InChI=1S/C16H10F2N4O2/c17-9-4-6-11(7-5-9)22-14-13(19-20-22)15(23)21(16(14)24)12-3-1-2-10(18)8-12/h1-8,13-14H/t13-,14+/m0/s1. The number of benzene rings is 2. The predicted molar refractivity (Wildman–Crippen MR) is 80.2 cm³/mol. The van der Waals surface area contributed by atoms with Crippen LogP contribution in [0.5, 0.6) is 0 Å². The summed E-state index contributed by atoms with van der Waals surface area (Å²) >= 11 is 0. The molecule has 0 unspecified atom stereocenters. The number of carbonyl (C=O) groups is 2. The Labute approximate surface area is 135 Å². The number of amides is 2. The Morgan fingerprint density at radius 3 is 2.33 bits per heavy atom. The van der Waals surface area contributed by atoms with Crippen molar-refractivity contribution >= 4 is 23.2 Å². The summed E-state index contributed by atoms with van der Waals surface area (Å²) in [5, 5.41) is 9.00. The molecule has 24 heavy (non-hydrogen) atoms. The van der Waals surface area contributed by atoms with E-state index >= 15 is 0 Å². The molecular formula is C16H10F2N4O2. The first-order chi connectivity index (χ1) is 11.6. The molecule has 6 nitrogen and oxygen atoms in total. The third kappa shape index (κ3) is 2.07. The van der Waals surface area contributed by atoms with E-state index in [1.807, 2.05) is 0 Å². The van der Waals surface area contributed by atoms with Gasteiger partial charge in [-0.1, -0.05) is 11.3 Å². The van der Waals surface area contributed by atoms with Crippen LogP contribution in [-0.2, 0) is 9.59 Å². The number of halogens is 2. The summed E-state index contributed by atoms with van der Waals surface area (Å²) in [6.07, 6.45) is 0. The monoisotopic (exact) mass is 328 g/mol. The average molecular weight is 328 g/mol. The van der Waals surface area contributed by atoms with Crippen molar-refractivity contribution in [2.45, 2.75) is 12.1 Å². The first-order valence-corrected chi connectivity index (χ1v) is 7.15. The van der Waals surface area contributed by atoms with Gasteiger partial charge >= 0.3 is 0 Å². The fraction of sp³-hybridized carbons (Fsp3) is 0.125. The summed E-state index contributed by atoms with van der Waals surface area (Å²) in [5.74, 6) is -2.10. The van der Waals surface area contributed by atoms with Gasteiger partial charge in [0.2, 0.25) is 0 Å². The minimum Gasteiger partial charge on any atom is -0.271 e. The van der Waals surface area contributed by atoms with Crippen molar-refractivity contribution in [1.82, 2.24) is 0 Å². The molecule has 2 aromatic rings. The number of imide groups is 1. The fourth-order valence-corrected chi connectivity index (χ4v) is 2.84. The van der Waals surface area contributed by atoms with Gasteiger partial charge in [0, 0.05) is 0 Å². The second-order valence-corrected chi connectivity index (χ2v) is 5.41. The Kier molecular flexibility index (Phi) is 3.12. The van der Waals surface area contributed by atoms with Crippen LogP contribution in [0.15, 0.2) is 58.9 Å². The van der Waals surface area contributed by atoms with Crippen molar-refractivity contribution in [3.05, 3.63) is 60.2 Å². The second kappa shape index (κ2) is 5.19. The topological polar surface area (TPSA) is 65.3 Å². The van der Waals surface area contributed by atoms with Gasteiger partial charge in [0.1, 0.15) is 11.6 Å². The maximum absolute atomic E-state index is 13.4. The zero-order valence-corrected chi connectivity index (χ0v) is 12.1. The quantitative estimate of drug-likeness (QED) is 0.796. The van der Waals surface area contributed by atoms with Crippen LogP contribution in [0.2, 0.25) is 0 Å². The molecule has 8 heteroatoms. The highest BCUT2D eigenvalue weighted by atomic mass is 19.1. The van der Waals surface area contributed by atoms with Gasteiger partial charge in [-0.2, -0.15) is 5.11 Å². The van der Waals surface area contributed by atoms with Crippen molar-refractivity contribution in [2.75, 3.05) is 9.91 Å². The molecule has 0 aliphatic carbocycles. The van der Waals surface area contributed by atoms with Crippen LogP contribution in [0.3, 0.4) is 0 Å². The molecule has 0 N–H and O–H groups in total. The third-order valence-corrected chi connectivity index (χ3v) is 3.94. The lowest BCUT2D eigenvalue weighted by Gasteiger charge is -2.20. The first-order valence-electron chi connectivity index (χ1n) is 7.15. The fourth-order valence-electron chi connectivity index (χ4n) is 2.84. The van der Waals surface area contributed by atoms with Crippen molar-refractivity contribution in [3.8, 4) is 0 Å². The minimum absolute atomic E-state index is 0.147. The molecule has 2 amide bonds. The number of hydrogen-bond donors (Lipinski definition) is 0. The van der Waals surface area contributed by atoms with Crippen molar-refractivity contribution in [1.29, 1.82) is 0 Å². The molecule has 2 atom stereocenters. The lowest BCUT2D eigenvalue weighted by atomic mass is 10.1. The molecule has 1 saturated heterocycles. The first kappa shape index (κ1) is 14.4. The number of rotatable bonds is 2. The number of fused-ring (bicyclic) bond motifs is 1. The molecule has 0 aromatic heterocycles. The summed E-state index contributed by atoms with van der Waals surface area (Å²) in [4.78, 5) is 26.1. The molecule has 2 aliphatic rings. The SMILES string of the molecule is O=C1[C@H]2N=NN(c3ccc(F)cc3)[C@H]2C(=O)N1c1cccc(F)c1. The van der Waals surface area contributed by atoms with E-state index in [1.165, 1.54) is 47.5 Å². The maximum Gasteiger partial charge on any atom is 0.263 e. The van der Waals surface area contributed by atoms with Gasteiger partial charge in [-0.05, 0) is 42.5 Å². The number of hydrogen-bond acceptors (Lipinski definition) is 5. The lowest BCUT2D eigenvalue weighted by molar-refractivity contribution is -0.121. The van der Waals surface area contributed by atoms with E-state index in [0.717, 1.165) is 11.0 Å².